The summed E-state index contributed by atoms with van der Waals surface area (Å²) in [5.74, 6) is -0.375. The molecular weight excluding hydrogens is 366 g/mol. The Morgan fingerprint density at radius 1 is 1.09 bits per heavy atom. The molecule has 23 heavy (non-hydrogen) atoms. The van der Waals surface area contributed by atoms with Gasteiger partial charge >= 0.3 is 0 Å². The standard InChI is InChI=1S/C16H9BrF2N4/c17-10-5-6-12-14(15(10)19)16(9-3-1-2-4-11(9)18)20-7-13-22-21-8-23(12)13/h1-6,8H,7H2. The molecule has 0 spiro atoms. The van der Waals surface area contributed by atoms with Crippen LogP contribution in [0.15, 0.2) is 52.2 Å². The van der Waals surface area contributed by atoms with Gasteiger partial charge in [-0.3, -0.25) is 9.56 Å². The van der Waals surface area contributed by atoms with Crippen molar-refractivity contribution in [3.8, 4) is 5.69 Å². The maximum atomic E-state index is 14.8. The predicted octanol–water partition coefficient (Wildman–Crippen LogP) is 3.66. The van der Waals surface area contributed by atoms with Gasteiger partial charge in [0.05, 0.1) is 21.4 Å². The van der Waals surface area contributed by atoms with Crippen molar-refractivity contribution in [3.05, 3.63) is 75.8 Å². The molecule has 0 unspecified atom stereocenters. The molecule has 0 fully saturated rings. The molecular formula is C16H9BrF2N4. The minimum absolute atomic E-state index is 0.190. The van der Waals surface area contributed by atoms with Crippen molar-refractivity contribution < 1.29 is 8.78 Å². The molecule has 4 rings (SSSR count). The number of hydrogen-bond acceptors (Lipinski definition) is 3. The Morgan fingerprint density at radius 3 is 2.74 bits per heavy atom. The maximum Gasteiger partial charge on any atom is 0.159 e. The molecule has 0 atom stereocenters. The van der Waals surface area contributed by atoms with E-state index in [9.17, 15) is 8.78 Å². The van der Waals surface area contributed by atoms with Crippen LogP contribution < -0.4 is 0 Å². The van der Waals surface area contributed by atoms with Gasteiger partial charge in [-0.1, -0.05) is 12.1 Å². The highest BCUT2D eigenvalue weighted by atomic mass is 79.9. The third-order valence-corrected chi connectivity index (χ3v) is 4.31. The number of benzene rings is 2. The van der Waals surface area contributed by atoms with Crippen molar-refractivity contribution in [2.75, 3.05) is 0 Å². The van der Waals surface area contributed by atoms with Gasteiger partial charge in [-0.2, -0.15) is 0 Å². The first kappa shape index (κ1) is 14.2. The van der Waals surface area contributed by atoms with Crippen molar-refractivity contribution in [1.82, 2.24) is 14.8 Å². The molecule has 1 aliphatic rings. The number of nitrogens with zero attached hydrogens (tertiary/aromatic N) is 4. The minimum Gasteiger partial charge on any atom is -0.283 e. The van der Waals surface area contributed by atoms with E-state index in [0.29, 0.717) is 11.5 Å². The Balaban J connectivity index is 2.06. The second kappa shape index (κ2) is 5.34. The molecule has 2 aromatic carbocycles. The second-order valence-corrected chi connectivity index (χ2v) is 5.87. The van der Waals surface area contributed by atoms with E-state index in [1.54, 1.807) is 34.9 Å². The van der Waals surface area contributed by atoms with E-state index in [1.165, 1.54) is 12.4 Å². The summed E-state index contributed by atoms with van der Waals surface area (Å²) < 4.78 is 31.0. The average Bonchev–Trinajstić information content (AvgIpc) is 2.95. The van der Waals surface area contributed by atoms with Crippen molar-refractivity contribution >= 4 is 21.6 Å². The SMILES string of the molecule is Fc1ccccc1C1=NCc2nncn2-c2ccc(Br)c(F)c21. The van der Waals surface area contributed by atoms with Gasteiger partial charge in [-0.15, -0.1) is 10.2 Å². The number of halogens is 3. The summed E-state index contributed by atoms with van der Waals surface area (Å²) in [4.78, 5) is 4.40. The Bertz CT molecular complexity index is 949. The lowest BCUT2D eigenvalue weighted by molar-refractivity contribution is 0.615. The number of rotatable bonds is 1. The lowest BCUT2D eigenvalue weighted by Crippen LogP contribution is -2.11. The van der Waals surface area contributed by atoms with E-state index in [4.69, 9.17) is 0 Å². The molecule has 1 aliphatic heterocycles. The van der Waals surface area contributed by atoms with E-state index in [2.05, 4.69) is 31.1 Å². The fourth-order valence-corrected chi connectivity index (χ4v) is 2.97. The third-order valence-electron chi connectivity index (χ3n) is 3.70. The fraction of sp³-hybridized carbons (Fsp3) is 0.0625. The first-order valence-electron chi connectivity index (χ1n) is 6.84. The molecule has 0 aliphatic carbocycles. The first-order chi connectivity index (χ1) is 11.2. The second-order valence-electron chi connectivity index (χ2n) is 5.02. The van der Waals surface area contributed by atoms with Gasteiger partial charge in [0.2, 0.25) is 0 Å². The van der Waals surface area contributed by atoms with E-state index in [0.717, 1.165) is 0 Å². The quantitative estimate of drug-likeness (QED) is 0.652. The predicted molar refractivity (Wildman–Crippen MR) is 84.8 cm³/mol. The zero-order valence-corrected chi connectivity index (χ0v) is 13.3. The molecule has 0 amide bonds. The minimum atomic E-state index is -0.494. The van der Waals surface area contributed by atoms with Crippen LogP contribution in [0, 0.1) is 11.6 Å². The van der Waals surface area contributed by atoms with Gasteiger partial charge in [0.25, 0.3) is 0 Å². The molecule has 1 aromatic heterocycles. The number of hydrogen-bond donors (Lipinski definition) is 0. The zero-order valence-electron chi connectivity index (χ0n) is 11.7. The lowest BCUT2D eigenvalue weighted by atomic mass is 9.99. The van der Waals surface area contributed by atoms with Gasteiger partial charge in [0.15, 0.2) is 5.82 Å². The summed E-state index contributed by atoms with van der Waals surface area (Å²) in [6.45, 7) is 0.190. The Labute approximate surface area is 138 Å². The highest BCUT2D eigenvalue weighted by Gasteiger charge is 2.25. The van der Waals surface area contributed by atoms with E-state index >= 15 is 0 Å². The molecule has 0 radical (unpaired) electrons. The van der Waals surface area contributed by atoms with Gasteiger partial charge in [-0.05, 0) is 40.2 Å². The molecule has 0 saturated carbocycles. The molecule has 114 valence electrons. The normalized spacial score (nSPS) is 13.1. The molecule has 0 N–H and O–H groups in total. The summed E-state index contributed by atoms with van der Waals surface area (Å²) in [6, 6.07) is 9.53. The maximum absolute atomic E-state index is 14.8. The van der Waals surface area contributed by atoms with Crippen LogP contribution in [0.3, 0.4) is 0 Å². The van der Waals surface area contributed by atoms with Crippen LogP contribution >= 0.6 is 15.9 Å². The molecule has 0 saturated heterocycles. The van der Waals surface area contributed by atoms with Gasteiger partial charge in [0, 0.05) is 5.56 Å². The number of aliphatic imine (C=N–C) groups is 1. The van der Waals surface area contributed by atoms with Crippen LogP contribution in [0.4, 0.5) is 8.78 Å². The lowest BCUT2D eigenvalue weighted by Gasteiger charge is -2.13. The van der Waals surface area contributed by atoms with E-state index in [1.807, 2.05) is 0 Å². The first-order valence-corrected chi connectivity index (χ1v) is 7.63. The number of aromatic nitrogens is 3. The fourth-order valence-electron chi connectivity index (χ4n) is 2.64. The Morgan fingerprint density at radius 2 is 1.91 bits per heavy atom. The largest absolute Gasteiger partial charge is 0.283 e. The molecule has 2 heterocycles. The van der Waals surface area contributed by atoms with Crippen LogP contribution in [0.25, 0.3) is 5.69 Å². The van der Waals surface area contributed by atoms with Gasteiger partial charge in [0.1, 0.15) is 24.5 Å². The number of fused-ring (bicyclic) bond motifs is 3. The Hall–Kier alpha value is -2.41. The third kappa shape index (κ3) is 2.19. The van der Waals surface area contributed by atoms with Gasteiger partial charge < -0.3 is 0 Å². The van der Waals surface area contributed by atoms with Crippen LogP contribution in [-0.2, 0) is 6.54 Å². The topological polar surface area (TPSA) is 43.1 Å². The summed E-state index contributed by atoms with van der Waals surface area (Å²) in [5, 5.41) is 7.84. The molecule has 4 nitrogen and oxygen atoms in total. The van der Waals surface area contributed by atoms with Crippen LogP contribution in [-0.4, -0.2) is 20.5 Å². The van der Waals surface area contributed by atoms with Crippen LogP contribution in [0.1, 0.15) is 17.0 Å². The van der Waals surface area contributed by atoms with Crippen molar-refractivity contribution in [3.63, 3.8) is 0 Å². The average molecular weight is 375 g/mol. The monoisotopic (exact) mass is 374 g/mol. The van der Waals surface area contributed by atoms with Gasteiger partial charge in [-0.25, -0.2) is 8.78 Å². The molecule has 0 bridgehead atoms. The van der Waals surface area contributed by atoms with Crippen LogP contribution in [0.2, 0.25) is 0 Å². The summed E-state index contributed by atoms with van der Waals surface area (Å²) >= 11 is 3.18. The summed E-state index contributed by atoms with van der Waals surface area (Å²) in [6.07, 6.45) is 1.50. The zero-order chi connectivity index (χ0) is 16.0. The molecule has 3 aromatic rings. The Kier molecular flexibility index (Phi) is 3.30. The smallest absolute Gasteiger partial charge is 0.159 e. The van der Waals surface area contributed by atoms with Crippen LogP contribution in [0.5, 0.6) is 0 Å². The van der Waals surface area contributed by atoms with E-state index < -0.39 is 11.6 Å². The van der Waals surface area contributed by atoms with E-state index in [-0.39, 0.29) is 27.9 Å². The van der Waals surface area contributed by atoms with Crippen molar-refractivity contribution in [1.29, 1.82) is 0 Å². The highest BCUT2D eigenvalue weighted by molar-refractivity contribution is 9.10. The van der Waals surface area contributed by atoms with Crippen molar-refractivity contribution in [2.24, 2.45) is 4.99 Å². The molecule has 7 heteroatoms. The summed E-state index contributed by atoms with van der Waals surface area (Å²) in [7, 11) is 0. The highest BCUT2D eigenvalue weighted by Crippen LogP contribution is 2.31. The van der Waals surface area contributed by atoms with Crippen molar-refractivity contribution in [2.45, 2.75) is 6.54 Å². The summed E-state index contributed by atoms with van der Waals surface area (Å²) in [5.41, 5.74) is 1.28.